The molecule has 10 heteroatoms. The van der Waals surface area contributed by atoms with Crippen molar-refractivity contribution in [1.82, 2.24) is 25.0 Å². The monoisotopic (exact) mass is 484 g/mol. The Morgan fingerprint density at radius 1 is 1.29 bits per heavy atom. The molecule has 1 fully saturated rings. The topological polar surface area (TPSA) is 83.3 Å². The first-order chi connectivity index (χ1) is 16.8. The Bertz CT molecular complexity index is 1290. The van der Waals surface area contributed by atoms with Crippen LogP contribution in [0.3, 0.4) is 0 Å². The van der Waals surface area contributed by atoms with Gasteiger partial charge < -0.3 is 16.0 Å². The molecule has 2 aliphatic rings. The quantitative estimate of drug-likeness (QED) is 0.465. The number of nitrogens with one attached hydrogen (secondary N) is 3. The number of halogens is 3. The third kappa shape index (κ3) is 5.32. The number of benzene rings is 1. The van der Waals surface area contributed by atoms with Gasteiger partial charge in [-0.15, -0.1) is 0 Å². The van der Waals surface area contributed by atoms with Gasteiger partial charge in [-0.05, 0) is 56.0 Å². The number of hydrogen-bond donors (Lipinski definition) is 3. The number of rotatable bonds is 7. The number of hydrogen-bond acceptors (Lipinski definition) is 5. The number of carbonyl (C=O) groups is 1. The Morgan fingerprint density at radius 3 is 2.80 bits per heavy atom. The first-order valence-electron chi connectivity index (χ1n) is 11.8. The molecule has 7 nitrogen and oxygen atoms in total. The van der Waals surface area contributed by atoms with Crippen LogP contribution in [0.1, 0.15) is 47.3 Å². The van der Waals surface area contributed by atoms with E-state index >= 15 is 0 Å². The van der Waals surface area contributed by atoms with Gasteiger partial charge in [0.2, 0.25) is 0 Å². The summed E-state index contributed by atoms with van der Waals surface area (Å²) in [6.07, 6.45) is 3.20. The number of aryl methyl sites for hydroxylation is 1. The fourth-order valence-electron chi connectivity index (χ4n) is 4.22. The molecule has 184 valence electrons. The van der Waals surface area contributed by atoms with E-state index in [1.807, 2.05) is 41.8 Å². The van der Waals surface area contributed by atoms with Crippen LogP contribution in [0.15, 0.2) is 36.7 Å². The van der Waals surface area contributed by atoms with Gasteiger partial charge in [-0.25, -0.2) is 9.97 Å². The third-order valence-corrected chi connectivity index (χ3v) is 6.27. The van der Waals surface area contributed by atoms with Crippen LogP contribution >= 0.6 is 0 Å². The van der Waals surface area contributed by atoms with E-state index < -0.39 is 12.6 Å². The lowest BCUT2D eigenvalue weighted by Gasteiger charge is -2.16. The van der Waals surface area contributed by atoms with Crippen LogP contribution in [0.2, 0.25) is 0 Å². The molecule has 3 aromatic rings. The molecule has 3 N–H and O–H groups in total. The maximum Gasteiger partial charge on any atom is 0.390 e. The van der Waals surface area contributed by atoms with Gasteiger partial charge in [0.15, 0.2) is 11.5 Å². The van der Waals surface area contributed by atoms with Crippen LogP contribution in [0, 0.1) is 6.92 Å². The van der Waals surface area contributed by atoms with Gasteiger partial charge in [0.25, 0.3) is 5.91 Å². The van der Waals surface area contributed by atoms with E-state index in [0.717, 1.165) is 48.2 Å². The molecule has 0 bridgehead atoms. The van der Waals surface area contributed by atoms with Crippen LogP contribution in [-0.4, -0.2) is 52.1 Å². The Hall–Kier alpha value is -3.40. The number of imidazole rings is 1. The number of alkyl halides is 3. The van der Waals surface area contributed by atoms with Crippen molar-refractivity contribution in [2.75, 3.05) is 25.0 Å². The molecular weight excluding hydrogens is 457 g/mol. The largest absolute Gasteiger partial charge is 0.390 e. The number of anilines is 1. The van der Waals surface area contributed by atoms with Gasteiger partial charge >= 0.3 is 6.18 Å². The van der Waals surface area contributed by atoms with E-state index in [4.69, 9.17) is 0 Å². The summed E-state index contributed by atoms with van der Waals surface area (Å²) in [6, 6.07) is 5.89. The molecule has 35 heavy (non-hydrogen) atoms. The Labute approximate surface area is 200 Å². The summed E-state index contributed by atoms with van der Waals surface area (Å²) in [7, 11) is 0. The third-order valence-electron chi connectivity index (χ3n) is 6.27. The predicted octanol–water partition coefficient (Wildman–Crippen LogP) is 4.34. The highest BCUT2D eigenvalue weighted by Gasteiger charge is 2.27. The van der Waals surface area contributed by atoms with Gasteiger partial charge in [0.05, 0.1) is 24.0 Å². The second-order valence-electron chi connectivity index (χ2n) is 9.06. The molecule has 3 heterocycles. The Balaban J connectivity index is 1.52. The summed E-state index contributed by atoms with van der Waals surface area (Å²) >= 11 is 0. The fourth-order valence-corrected chi connectivity index (χ4v) is 4.22. The average Bonchev–Trinajstić information content (AvgIpc) is 3.53. The van der Waals surface area contributed by atoms with Crippen molar-refractivity contribution >= 4 is 22.9 Å². The summed E-state index contributed by atoms with van der Waals surface area (Å²) < 4.78 is 40.1. The summed E-state index contributed by atoms with van der Waals surface area (Å²) in [5.74, 6) is 0.241. The molecule has 1 aliphatic carbocycles. The normalized spacial score (nSPS) is 16.3. The van der Waals surface area contributed by atoms with Crippen LogP contribution in [0.5, 0.6) is 0 Å². The van der Waals surface area contributed by atoms with E-state index in [2.05, 4.69) is 25.9 Å². The molecule has 1 aromatic carbocycles. The number of nitrogens with zero attached hydrogens (tertiary/aromatic N) is 3. The van der Waals surface area contributed by atoms with Crippen LogP contribution < -0.4 is 16.0 Å². The minimum atomic E-state index is -4.26. The highest BCUT2D eigenvalue weighted by molar-refractivity contribution is 5.96. The van der Waals surface area contributed by atoms with Crippen LogP contribution in [-0.2, 0) is 0 Å². The molecule has 0 atom stereocenters. The molecule has 1 saturated carbocycles. The lowest BCUT2D eigenvalue weighted by atomic mass is 10.0. The highest BCUT2D eigenvalue weighted by Crippen LogP contribution is 2.29. The first kappa shape index (κ1) is 23.3. The maximum absolute atomic E-state index is 12.7. The van der Waals surface area contributed by atoms with Gasteiger partial charge in [-0.2, -0.15) is 13.2 Å². The van der Waals surface area contributed by atoms with Crippen molar-refractivity contribution in [3.05, 3.63) is 53.5 Å². The fraction of sp³-hybridized carbons (Fsp3) is 0.400. The van der Waals surface area contributed by atoms with E-state index in [9.17, 15) is 18.0 Å². The van der Waals surface area contributed by atoms with E-state index in [0.29, 0.717) is 29.3 Å². The van der Waals surface area contributed by atoms with Crippen molar-refractivity contribution in [1.29, 1.82) is 0 Å². The summed E-state index contributed by atoms with van der Waals surface area (Å²) in [5, 5.41) is 9.11. The number of amides is 1. The van der Waals surface area contributed by atoms with Crippen molar-refractivity contribution in [2.45, 2.75) is 44.8 Å². The van der Waals surface area contributed by atoms with E-state index in [-0.39, 0.29) is 18.5 Å². The highest BCUT2D eigenvalue weighted by atomic mass is 19.4. The number of aromatic nitrogens is 3. The second-order valence-corrected chi connectivity index (χ2v) is 9.06. The summed E-state index contributed by atoms with van der Waals surface area (Å²) in [4.78, 5) is 21.6. The van der Waals surface area contributed by atoms with E-state index in [1.54, 1.807) is 6.20 Å². The predicted molar refractivity (Wildman–Crippen MR) is 128 cm³/mol. The van der Waals surface area contributed by atoms with Crippen molar-refractivity contribution in [2.24, 2.45) is 0 Å². The average molecular weight is 485 g/mol. The van der Waals surface area contributed by atoms with Crippen molar-refractivity contribution < 1.29 is 18.0 Å². The lowest BCUT2D eigenvalue weighted by Crippen LogP contribution is -2.26. The number of fused-ring (bicyclic) bond motifs is 1. The minimum Gasteiger partial charge on any atom is -0.367 e. The zero-order valence-corrected chi connectivity index (χ0v) is 19.4. The zero-order chi connectivity index (χ0) is 24.6. The smallest absolute Gasteiger partial charge is 0.367 e. The summed E-state index contributed by atoms with van der Waals surface area (Å²) in [6.45, 7) is 3.13. The molecule has 0 unspecified atom stereocenters. The standard InChI is InChI=1S/C25H27F3N6O/c1-15-12-17(2-5-19(15)24(35)32-18-3-4-18)21-13-31-23-22(30-11-8-25(26,27)28)33-20(14-34(21)23)16-6-9-29-10-7-16/h2,5-6,12-14,18,29H,3-4,7-11H2,1H3,(H,30,33)(H,32,35). The molecular formula is C25H27F3N6O. The Kier molecular flexibility index (Phi) is 6.22. The van der Waals surface area contributed by atoms with Crippen LogP contribution in [0.4, 0.5) is 19.0 Å². The molecule has 0 radical (unpaired) electrons. The molecule has 2 aromatic heterocycles. The minimum absolute atomic E-state index is 0.0739. The van der Waals surface area contributed by atoms with Crippen molar-refractivity contribution in [3.8, 4) is 11.3 Å². The molecule has 5 rings (SSSR count). The number of carbonyl (C=O) groups excluding carboxylic acids is 1. The van der Waals surface area contributed by atoms with Gasteiger partial charge in [0, 0.05) is 36.5 Å². The SMILES string of the molecule is Cc1cc(-c2cnc3c(NCCC(F)(F)F)nc(C4=CCNCC4)cn23)ccc1C(=O)NC1CC1. The molecule has 1 amide bonds. The van der Waals surface area contributed by atoms with E-state index in [1.165, 1.54) is 0 Å². The van der Waals surface area contributed by atoms with Crippen molar-refractivity contribution in [3.63, 3.8) is 0 Å². The van der Waals surface area contributed by atoms with Gasteiger partial charge in [0.1, 0.15) is 0 Å². The molecule has 0 saturated heterocycles. The molecule has 1 aliphatic heterocycles. The lowest BCUT2D eigenvalue weighted by molar-refractivity contribution is -0.131. The van der Waals surface area contributed by atoms with Gasteiger partial charge in [-0.1, -0.05) is 12.1 Å². The zero-order valence-electron chi connectivity index (χ0n) is 19.4. The van der Waals surface area contributed by atoms with Crippen LogP contribution in [0.25, 0.3) is 22.5 Å². The van der Waals surface area contributed by atoms with Gasteiger partial charge in [-0.3, -0.25) is 9.20 Å². The first-order valence-corrected chi connectivity index (χ1v) is 11.8. The summed E-state index contributed by atoms with van der Waals surface area (Å²) in [5.41, 5.74) is 5.29. The Morgan fingerprint density at radius 2 is 2.11 bits per heavy atom. The second kappa shape index (κ2) is 9.33. The maximum atomic E-state index is 12.7. The molecule has 0 spiro atoms.